The largest absolute Gasteiger partial charge is 0.355 e. The average Bonchev–Trinajstić information content (AvgIpc) is 3.15. The third-order valence-electron chi connectivity index (χ3n) is 3.98. The van der Waals surface area contributed by atoms with E-state index in [1.165, 1.54) is 0 Å². The van der Waals surface area contributed by atoms with Crippen LogP contribution < -0.4 is 10.6 Å². The van der Waals surface area contributed by atoms with Crippen molar-refractivity contribution in [2.75, 3.05) is 19.6 Å². The number of aromatic nitrogens is 2. The Morgan fingerprint density at radius 3 is 2.87 bits per heavy atom. The number of amides is 2. The second-order valence-electron chi connectivity index (χ2n) is 5.64. The van der Waals surface area contributed by atoms with Gasteiger partial charge in [-0.25, -0.2) is 0 Å². The predicted molar refractivity (Wildman–Crippen MR) is 88.0 cm³/mol. The van der Waals surface area contributed by atoms with Gasteiger partial charge in [0.25, 0.3) is 5.91 Å². The van der Waals surface area contributed by atoms with Gasteiger partial charge >= 0.3 is 0 Å². The monoisotopic (exact) mass is 319 g/mol. The first-order valence-corrected chi connectivity index (χ1v) is 8.05. The first-order valence-electron chi connectivity index (χ1n) is 8.05. The van der Waals surface area contributed by atoms with Crippen LogP contribution in [0, 0.1) is 0 Å². The fourth-order valence-corrected chi connectivity index (χ4v) is 2.86. The lowest BCUT2D eigenvalue weighted by Gasteiger charge is -2.21. The van der Waals surface area contributed by atoms with E-state index in [9.17, 15) is 9.59 Å². The Hall–Kier alpha value is -2.15. The topological polar surface area (TPSA) is 79.3 Å². The van der Waals surface area contributed by atoms with E-state index in [4.69, 9.17) is 0 Å². The molecule has 1 aromatic rings. The molecule has 2 heterocycles. The van der Waals surface area contributed by atoms with Crippen molar-refractivity contribution >= 4 is 11.8 Å². The van der Waals surface area contributed by atoms with Crippen LogP contribution in [0.15, 0.2) is 25.0 Å². The van der Waals surface area contributed by atoms with E-state index in [0.29, 0.717) is 31.6 Å². The van der Waals surface area contributed by atoms with Crippen molar-refractivity contribution in [3.05, 3.63) is 30.6 Å². The van der Waals surface area contributed by atoms with Crippen LogP contribution in [0.5, 0.6) is 0 Å². The van der Waals surface area contributed by atoms with Crippen LogP contribution >= 0.6 is 0 Å². The summed E-state index contributed by atoms with van der Waals surface area (Å²) in [6.45, 7) is 10.2. The maximum atomic E-state index is 12.3. The molecule has 126 valence electrons. The van der Waals surface area contributed by atoms with Gasteiger partial charge in [0.05, 0.1) is 17.8 Å². The molecule has 2 rings (SSSR count). The summed E-state index contributed by atoms with van der Waals surface area (Å²) in [4.78, 5) is 26.5. The van der Waals surface area contributed by atoms with Crippen molar-refractivity contribution in [3.8, 4) is 0 Å². The Balaban J connectivity index is 1.99. The number of hydrogen-bond acceptors (Lipinski definition) is 4. The number of likely N-dealkylation sites (N-methyl/N-ethyl adjacent to an activating group) is 1. The van der Waals surface area contributed by atoms with E-state index in [2.05, 4.69) is 22.3 Å². The van der Waals surface area contributed by atoms with Crippen LogP contribution in [0.25, 0.3) is 0 Å². The summed E-state index contributed by atoms with van der Waals surface area (Å²) in [5.41, 5.74) is 0.545. The molecule has 0 aromatic carbocycles. The molecule has 1 fully saturated rings. The highest BCUT2D eigenvalue weighted by Gasteiger charge is 2.36. The first-order chi connectivity index (χ1) is 11.1. The minimum atomic E-state index is -0.225. The fourth-order valence-electron chi connectivity index (χ4n) is 2.86. The van der Waals surface area contributed by atoms with Gasteiger partial charge in [-0.2, -0.15) is 5.10 Å². The highest BCUT2D eigenvalue weighted by Crippen LogP contribution is 2.18. The number of nitrogens with one attached hydrogen (secondary N) is 2. The molecule has 1 aliphatic heterocycles. The van der Waals surface area contributed by atoms with E-state index in [1.54, 1.807) is 23.2 Å². The predicted octanol–water partition coefficient (Wildman–Crippen LogP) is 0.398. The summed E-state index contributed by atoms with van der Waals surface area (Å²) >= 11 is 0. The van der Waals surface area contributed by atoms with Gasteiger partial charge in [0.2, 0.25) is 5.91 Å². The zero-order valence-electron chi connectivity index (χ0n) is 13.8. The van der Waals surface area contributed by atoms with E-state index in [0.717, 1.165) is 6.54 Å². The molecule has 23 heavy (non-hydrogen) atoms. The number of carbonyl (C=O) groups is 2. The summed E-state index contributed by atoms with van der Waals surface area (Å²) < 4.78 is 1.71. The number of carbonyl (C=O) groups excluding carboxylic acids is 2. The van der Waals surface area contributed by atoms with Gasteiger partial charge in [-0.1, -0.05) is 6.08 Å². The molecular weight excluding hydrogens is 294 g/mol. The van der Waals surface area contributed by atoms with Gasteiger partial charge < -0.3 is 10.6 Å². The van der Waals surface area contributed by atoms with Gasteiger partial charge in [0, 0.05) is 38.4 Å². The zero-order chi connectivity index (χ0) is 16.8. The van der Waals surface area contributed by atoms with Gasteiger partial charge in [0.15, 0.2) is 0 Å². The Kier molecular flexibility index (Phi) is 5.92. The van der Waals surface area contributed by atoms with Gasteiger partial charge in [-0.15, -0.1) is 6.58 Å². The van der Waals surface area contributed by atoms with Crippen molar-refractivity contribution in [2.24, 2.45) is 0 Å². The third-order valence-corrected chi connectivity index (χ3v) is 3.98. The molecule has 2 unspecified atom stereocenters. The van der Waals surface area contributed by atoms with Gasteiger partial charge in [-0.05, 0) is 20.3 Å². The molecule has 7 heteroatoms. The molecule has 2 amide bonds. The summed E-state index contributed by atoms with van der Waals surface area (Å²) in [5, 5.41) is 9.96. The molecule has 7 nitrogen and oxygen atoms in total. The number of nitrogens with zero attached hydrogens (tertiary/aromatic N) is 3. The molecular formula is C16H25N5O2. The maximum absolute atomic E-state index is 12.3. The van der Waals surface area contributed by atoms with Crippen LogP contribution in [-0.2, 0) is 11.3 Å². The van der Waals surface area contributed by atoms with Crippen molar-refractivity contribution in [1.29, 1.82) is 0 Å². The highest BCUT2D eigenvalue weighted by atomic mass is 16.2. The van der Waals surface area contributed by atoms with E-state index < -0.39 is 0 Å². The molecule has 0 spiro atoms. The summed E-state index contributed by atoms with van der Waals surface area (Å²) in [7, 11) is 0. The molecule has 0 radical (unpaired) electrons. The second kappa shape index (κ2) is 7.92. The van der Waals surface area contributed by atoms with E-state index in [1.807, 2.05) is 18.7 Å². The molecule has 0 saturated carbocycles. The lowest BCUT2D eigenvalue weighted by molar-refractivity contribution is -0.125. The van der Waals surface area contributed by atoms with Crippen LogP contribution in [0.4, 0.5) is 0 Å². The molecule has 1 aromatic heterocycles. The van der Waals surface area contributed by atoms with Crippen LogP contribution in [0.1, 0.15) is 30.6 Å². The van der Waals surface area contributed by atoms with Crippen molar-refractivity contribution in [1.82, 2.24) is 25.3 Å². The molecule has 2 N–H and O–H groups in total. The maximum Gasteiger partial charge on any atom is 0.254 e. The number of rotatable bonds is 7. The number of hydrogen-bond donors (Lipinski definition) is 2. The van der Waals surface area contributed by atoms with Crippen molar-refractivity contribution in [2.45, 2.75) is 38.9 Å². The zero-order valence-corrected chi connectivity index (χ0v) is 13.8. The van der Waals surface area contributed by atoms with Gasteiger partial charge in [-0.3, -0.25) is 19.2 Å². The van der Waals surface area contributed by atoms with Gasteiger partial charge in [0.1, 0.15) is 0 Å². The van der Waals surface area contributed by atoms with E-state index in [-0.39, 0.29) is 23.9 Å². The molecule has 1 saturated heterocycles. The Morgan fingerprint density at radius 1 is 1.48 bits per heavy atom. The standard InChI is InChI=1S/C16H25N5O2/c1-4-7-20-11-13(8-14(20)16(23)17-5-2)19-15(22)12-9-18-21(6-3)10-12/h4,9-10,13-14H,1,5-8,11H2,2-3H3,(H,17,23)(H,19,22). The minimum Gasteiger partial charge on any atom is -0.355 e. The smallest absolute Gasteiger partial charge is 0.254 e. The summed E-state index contributed by atoms with van der Waals surface area (Å²) in [6.07, 6.45) is 5.68. The Labute approximate surface area is 136 Å². The first kappa shape index (κ1) is 17.2. The molecule has 0 aliphatic carbocycles. The van der Waals surface area contributed by atoms with Crippen LogP contribution in [0.2, 0.25) is 0 Å². The normalized spacial score (nSPS) is 21.1. The lowest BCUT2D eigenvalue weighted by atomic mass is 10.1. The second-order valence-corrected chi connectivity index (χ2v) is 5.64. The highest BCUT2D eigenvalue weighted by molar-refractivity contribution is 5.94. The van der Waals surface area contributed by atoms with Crippen LogP contribution in [0.3, 0.4) is 0 Å². The van der Waals surface area contributed by atoms with Crippen molar-refractivity contribution < 1.29 is 9.59 Å². The summed E-state index contributed by atoms with van der Waals surface area (Å²) in [5.74, 6) is -0.144. The molecule has 0 bridgehead atoms. The van der Waals surface area contributed by atoms with Crippen molar-refractivity contribution in [3.63, 3.8) is 0 Å². The fraction of sp³-hybridized carbons (Fsp3) is 0.562. The number of likely N-dealkylation sites (tertiary alicyclic amines) is 1. The quantitative estimate of drug-likeness (QED) is 0.713. The lowest BCUT2D eigenvalue weighted by Crippen LogP contribution is -2.43. The average molecular weight is 319 g/mol. The minimum absolute atomic E-state index is 0.00454. The Bertz CT molecular complexity index is 569. The Morgan fingerprint density at radius 2 is 2.26 bits per heavy atom. The SMILES string of the molecule is C=CCN1CC(NC(=O)c2cnn(CC)c2)CC1C(=O)NCC. The summed E-state index contributed by atoms with van der Waals surface area (Å²) in [6, 6.07) is -0.281. The van der Waals surface area contributed by atoms with Crippen LogP contribution in [-0.4, -0.2) is 58.2 Å². The van der Waals surface area contributed by atoms with E-state index >= 15 is 0 Å². The third kappa shape index (κ3) is 4.19. The number of aryl methyl sites for hydroxylation is 1. The molecule has 2 atom stereocenters. The molecule has 1 aliphatic rings.